The normalized spacial score (nSPS) is 14.8. The van der Waals surface area contributed by atoms with Gasteiger partial charge in [-0.25, -0.2) is 0 Å². The fourth-order valence-corrected chi connectivity index (χ4v) is 1.80. The number of nitrogens with one attached hydrogen (secondary N) is 1. The Morgan fingerprint density at radius 1 is 1.47 bits per heavy atom. The minimum Gasteiger partial charge on any atom is -0.396 e. The summed E-state index contributed by atoms with van der Waals surface area (Å²) in [4.78, 5) is 0. The summed E-state index contributed by atoms with van der Waals surface area (Å²) in [5, 5.41) is 16.9. The molecule has 98 valence electrons. The first-order valence-electron chi connectivity index (χ1n) is 6.50. The van der Waals surface area contributed by atoms with Gasteiger partial charge in [-0.15, -0.1) is 0 Å². The van der Waals surface area contributed by atoms with E-state index in [9.17, 15) is 0 Å². The van der Waals surface area contributed by atoms with Gasteiger partial charge in [-0.1, -0.05) is 13.8 Å². The third-order valence-corrected chi connectivity index (χ3v) is 3.30. The van der Waals surface area contributed by atoms with E-state index in [0.717, 1.165) is 32.4 Å². The molecule has 0 radical (unpaired) electrons. The topological polar surface area (TPSA) is 50.1 Å². The van der Waals surface area contributed by atoms with Crippen LogP contribution in [-0.4, -0.2) is 27.0 Å². The minimum absolute atomic E-state index is 0.0155. The standard InChI is InChI=1S/C13H25N3O/c1-4-7-16-11-12(10-15-16)9-14-13(3,5-2)6-8-17/h10-11,14,17H,4-9H2,1-3H3. The lowest BCUT2D eigenvalue weighted by molar-refractivity contribution is 0.214. The summed E-state index contributed by atoms with van der Waals surface area (Å²) in [5.41, 5.74) is 1.22. The van der Waals surface area contributed by atoms with Gasteiger partial charge in [-0.3, -0.25) is 4.68 Å². The zero-order chi connectivity index (χ0) is 12.7. The monoisotopic (exact) mass is 239 g/mol. The fraction of sp³-hybridized carbons (Fsp3) is 0.769. The van der Waals surface area contributed by atoms with E-state index >= 15 is 0 Å². The van der Waals surface area contributed by atoms with Gasteiger partial charge in [0.25, 0.3) is 0 Å². The van der Waals surface area contributed by atoms with Crippen LogP contribution in [0.25, 0.3) is 0 Å². The lowest BCUT2D eigenvalue weighted by Crippen LogP contribution is -2.41. The van der Waals surface area contributed by atoms with Crippen LogP contribution in [0.4, 0.5) is 0 Å². The zero-order valence-electron chi connectivity index (χ0n) is 11.2. The Kier molecular flexibility index (Phi) is 5.65. The summed E-state index contributed by atoms with van der Waals surface area (Å²) in [6.07, 6.45) is 6.90. The molecule has 4 heteroatoms. The maximum absolute atomic E-state index is 9.05. The zero-order valence-corrected chi connectivity index (χ0v) is 11.2. The Hall–Kier alpha value is -0.870. The summed E-state index contributed by atoms with van der Waals surface area (Å²) in [6.45, 7) is 8.46. The molecule has 0 spiro atoms. The van der Waals surface area contributed by atoms with Gasteiger partial charge in [0, 0.05) is 37.0 Å². The summed E-state index contributed by atoms with van der Waals surface area (Å²) in [7, 11) is 0. The molecule has 0 bridgehead atoms. The highest BCUT2D eigenvalue weighted by Crippen LogP contribution is 2.14. The average Bonchev–Trinajstić information content (AvgIpc) is 2.75. The molecule has 17 heavy (non-hydrogen) atoms. The molecule has 0 saturated heterocycles. The Balaban J connectivity index is 2.47. The Bertz CT molecular complexity index is 324. The van der Waals surface area contributed by atoms with Crippen molar-refractivity contribution in [1.82, 2.24) is 15.1 Å². The number of rotatable bonds is 8. The highest BCUT2D eigenvalue weighted by Gasteiger charge is 2.20. The number of nitrogens with zero attached hydrogens (tertiary/aromatic N) is 2. The van der Waals surface area contributed by atoms with Crippen LogP contribution >= 0.6 is 0 Å². The van der Waals surface area contributed by atoms with Gasteiger partial charge in [0.2, 0.25) is 0 Å². The molecule has 0 saturated carbocycles. The first-order valence-corrected chi connectivity index (χ1v) is 6.50. The second-order valence-corrected chi connectivity index (χ2v) is 4.85. The molecule has 1 unspecified atom stereocenters. The second kappa shape index (κ2) is 6.77. The maximum atomic E-state index is 9.05. The van der Waals surface area contributed by atoms with E-state index in [-0.39, 0.29) is 12.1 Å². The van der Waals surface area contributed by atoms with Crippen LogP contribution in [0, 0.1) is 0 Å². The van der Waals surface area contributed by atoms with Crippen molar-refractivity contribution >= 4 is 0 Å². The molecule has 0 amide bonds. The molecular weight excluding hydrogens is 214 g/mol. The third kappa shape index (κ3) is 4.48. The summed E-state index contributed by atoms with van der Waals surface area (Å²) in [6, 6.07) is 0. The predicted molar refractivity (Wildman–Crippen MR) is 69.8 cm³/mol. The predicted octanol–water partition coefficient (Wildman–Crippen LogP) is 1.93. The third-order valence-electron chi connectivity index (χ3n) is 3.30. The van der Waals surface area contributed by atoms with Crippen LogP contribution in [-0.2, 0) is 13.1 Å². The number of aliphatic hydroxyl groups is 1. The molecule has 4 nitrogen and oxygen atoms in total. The molecule has 1 aromatic heterocycles. The van der Waals surface area contributed by atoms with Crippen LogP contribution in [0.3, 0.4) is 0 Å². The van der Waals surface area contributed by atoms with Crippen molar-refractivity contribution in [3.63, 3.8) is 0 Å². The van der Waals surface area contributed by atoms with Crippen molar-refractivity contribution in [1.29, 1.82) is 0 Å². The Morgan fingerprint density at radius 3 is 2.82 bits per heavy atom. The number of aromatic nitrogens is 2. The van der Waals surface area contributed by atoms with Gasteiger partial charge in [0.05, 0.1) is 6.20 Å². The van der Waals surface area contributed by atoms with Crippen LogP contribution in [0.2, 0.25) is 0 Å². The molecule has 1 rings (SSSR count). The van der Waals surface area contributed by atoms with Crippen molar-refractivity contribution < 1.29 is 5.11 Å². The molecule has 0 aromatic carbocycles. The van der Waals surface area contributed by atoms with Gasteiger partial charge in [-0.05, 0) is 26.2 Å². The molecule has 0 aliphatic carbocycles. The molecule has 1 atom stereocenters. The van der Waals surface area contributed by atoms with Crippen molar-refractivity contribution in [2.75, 3.05) is 6.61 Å². The first-order chi connectivity index (χ1) is 8.13. The number of aliphatic hydroxyl groups excluding tert-OH is 1. The average molecular weight is 239 g/mol. The SMILES string of the molecule is CCCn1cc(CNC(C)(CC)CCO)cn1. The Labute approximate surface area is 104 Å². The molecule has 0 aliphatic heterocycles. The van der Waals surface area contributed by atoms with Crippen LogP contribution in [0.5, 0.6) is 0 Å². The van der Waals surface area contributed by atoms with Crippen molar-refractivity contribution in [2.24, 2.45) is 0 Å². The highest BCUT2D eigenvalue weighted by molar-refractivity contribution is 5.04. The lowest BCUT2D eigenvalue weighted by atomic mass is 9.95. The van der Waals surface area contributed by atoms with Crippen LogP contribution < -0.4 is 5.32 Å². The van der Waals surface area contributed by atoms with E-state index in [1.165, 1.54) is 5.56 Å². The number of hydrogen-bond donors (Lipinski definition) is 2. The molecule has 0 aliphatic rings. The summed E-state index contributed by atoms with van der Waals surface area (Å²) in [5.74, 6) is 0. The Morgan fingerprint density at radius 2 is 2.24 bits per heavy atom. The quantitative estimate of drug-likeness (QED) is 0.729. The number of aryl methyl sites for hydroxylation is 1. The summed E-state index contributed by atoms with van der Waals surface area (Å²) < 4.78 is 1.98. The molecule has 2 N–H and O–H groups in total. The van der Waals surface area contributed by atoms with Crippen molar-refractivity contribution in [3.05, 3.63) is 18.0 Å². The van der Waals surface area contributed by atoms with E-state index in [2.05, 4.69) is 37.4 Å². The molecule has 0 fully saturated rings. The fourth-order valence-electron chi connectivity index (χ4n) is 1.80. The van der Waals surface area contributed by atoms with Crippen LogP contribution in [0.1, 0.15) is 45.6 Å². The highest BCUT2D eigenvalue weighted by atomic mass is 16.3. The van der Waals surface area contributed by atoms with Crippen molar-refractivity contribution in [2.45, 2.75) is 58.7 Å². The number of hydrogen-bond acceptors (Lipinski definition) is 3. The summed E-state index contributed by atoms with van der Waals surface area (Å²) >= 11 is 0. The first kappa shape index (κ1) is 14.2. The van der Waals surface area contributed by atoms with Gasteiger partial charge >= 0.3 is 0 Å². The maximum Gasteiger partial charge on any atom is 0.0534 e. The molecule has 1 aromatic rings. The van der Waals surface area contributed by atoms with E-state index in [1.54, 1.807) is 0 Å². The lowest BCUT2D eigenvalue weighted by Gasteiger charge is -2.28. The van der Waals surface area contributed by atoms with E-state index in [4.69, 9.17) is 5.11 Å². The van der Waals surface area contributed by atoms with Gasteiger partial charge in [0.15, 0.2) is 0 Å². The van der Waals surface area contributed by atoms with E-state index in [1.807, 2.05) is 10.9 Å². The van der Waals surface area contributed by atoms with Gasteiger partial charge in [0.1, 0.15) is 0 Å². The van der Waals surface area contributed by atoms with Crippen molar-refractivity contribution in [3.8, 4) is 0 Å². The van der Waals surface area contributed by atoms with Crippen LogP contribution in [0.15, 0.2) is 12.4 Å². The largest absolute Gasteiger partial charge is 0.396 e. The van der Waals surface area contributed by atoms with E-state index in [0.29, 0.717) is 0 Å². The van der Waals surface area contributed by atoms with E-state index < -0.39 is 0 Å². The van der Waals surface area contributed by atoms with Gasteiger partial charge in [-0.2, -0.15) is 5.10 Å². The molecule has 1 heterocycles. The second-order valence-electron chi connectivity index (χ2n) is 4.85. The van der Waals surface area contributed by atoms with Gasteiger partial charge < -0.3 is 10.4 Å². The smallest absolute Gasteiger partial charge is 0.0534 e. The minimum atomic E-state index is 0.0155. The molecular formula is C13H25N3O.